The zero-order chi connectivity index (χ0) is 12.1. The van der Waals surface area contributed by atoms with Crippen LogP contribution in [0.3, 0.4) is 0 Å². The molecule has 0 aromatic carbocycles. The first kappa shape index (κ1) is 12.4. The summed E-state index contributed by atoms with van der Waals surface area (Å²) < 4.78 is 0. The van der Waals surface area contributed by atoms with E-state index in [1.807, 2.05) is 0 Å². The molecule has 0 heterocycles. The number of hydrogen-bond acceptors (Lipinski definition) is 2. The quantitative estimate of drug-likeness (QED) is 0.763. The van der Waals surface area contributed by atoms with E-state index in [9.17, 15) is 10.1 Å². The summed E-state index contributed by atoms with van der Waals surface area (Å²) >= 11 is 0. The molecule has 0 saturated heterocycles. The van der Waals surface area contributed by atoms with Crippen molar-refractivity contribution < 1.29 is 4.79 Å². The summed E-state index contributed by atoms with van der Waals surface area (Å²) in [5, 5.41) is 12.4. The summed E-state index contributed by atoms with van der Waals surface area (Å²) in [6, 6.07) is 2.30. The Balaban J connectivity index is 1.90. The highest BCUT2D eigenvalue weighted by Gasteiger charge is 2.38. The van der Waals surface area contributed by atoms with Crippen molar-refractivity contribution in [3.63, 3.8) is 0 Å². The van der Waals surface area contributed by atoms with Gasteiger partial charge in [0, 0.05) is 6.54 Å². The van der Waals surface area contributed by atoms with Crippen LogP contribution in [0.5, 0.6) is 0 Å². The maximum absolute atomic E-state index is 12.2. The molecular formula is C14H22N2O. The first-order valence-electron chi connectivity index (χ1n) is 6.96. The number of amides is 1. The van der Waals surface area contributed by atoms with E-state index in [0.29, 0.717) is 5.92 Å². The van der Waals surface area contributed by atoms with Crippen LogP contribution in [-0.4, -0.2) is 12.5 Å². The van der Waals surface area contributed by atoms with Crippen molar-refractivity contribution in [2.45, 2.75) is 57.8 Å². The van der Waals surface area contributed by atoms with Gasteiger partial charge in [0.2, 0.25) is 5.91 Å². The molecule has 0 aliphatic heterocycles. The van der Waals surface area contributed by atoms with Gasteiger partial charge in [-0.1, -0.05) is 32.1 Å². The van der Waals surface area contributed by atoms with Crippen LogP contribution in [0.15, 0.2) is 0 Å². The zero-order valence-corrected chi connectivity index (χ0v) is 10.5. The lowest BCUT2D eigenvalue weighted by Gasteiger charge is -2.29. The maximum Gasteiger partial charge on any atom is 0.240 e. The maximum atomic E-state index is 12.2. The average Bonchev–Trinajstić information content (AvgIpc) is 2.52. The highest BCUT2D eigenvalue weighted by Crippen LogP contribution is 2.35. The van der Waals surface area contributed by atoms with Gasteiger partial charge >= 0.3 is 0 Å². The SMILES string of the molecule is N#CC1(C(=O)NCC2CCC2)CCCCCC1. The smallest absolute Gasteiger partial charge is 0.240 e. The number of rotatable bonds is 3. The minimum absolute atomic E-state index is 0.00574. The monoisotopic (exact) mass is 234 g/mol. The standard InChI is InChI=1S/C14H22N2O/c15-11-14(8-3-1-2-4-9-14)13(17)16-10-12-6-5-7-12/h12H,1-10H2,(H,16,17). The molecule has 2 saturated carbocycles. The molecule has 0 aromatic heterocycles. The molecule has 0 aromatic rings. The van der Waals surface area contributed by atoms with Crippen LogP contribution in [0.25, 0.3) is 0 Å². The summed E-state index contributed by atoms with van der Waals surface area (Å²) in [4.78, 5) is 12.2. The predicted molar refractivity (Wildman–Crippen MR) is 66.1 cm³/mol. The topological polar surface area (TPSA) is 52.9 Å². The number of hydrogen-bond donors (Lipinski definition) is 1. The predicted octanol–water partition coefficient (Wildman–Crippen LogP) is 2.77. The summed E-state index contributed by atoms with van der Waals surface area (Å²) in [7, 11) is 0. The van der Waals surface area contributed by atoms with Crippen molar-refractivity contribution in [1.82, 2.24) is 5.32 Å². The van der Waals surface area contributed by atoms with Crippen LogP contribution >= 0.6 is 0 Å². The molecule has 0 atom stereocenters. The van der Waals surface area contributed by atoms with Gasteiger partial charge in [0.25, 0.3) is 0 Å². The second kappa shape index (κ2) is 5.53. The van der Waals surface area contributed by atoms with E-state index >= 15 is 0 Å². The van der Waals surface area contributed by atoms with E-state index in [4.69, 9.17) is 0 Å². The Hall–Kier alpha value is -1.04. The van der Waals surface area contributed by atoms with E-state index < -0.39 is 5.41 Å². The van der Waals surface area contributed by atoms with E-state index in [-0.39, 0.29) is 5.91 Å². The number of carbonyl (C=O) groups excluding carboxylic acids is 1. The molecule has 17 heavy (non-hydrogen) atoms. The fourth-order valence-corrected chi connectivity index (χ4v) is 2.82. The Bertz CT molecular complexity index is 307. The van der Waals surface area contributed by atoms with Crippen LogP contribution in [0, 0.1) is 22.7 Å². The molecule has 0 spiro atoms. The first-order valence-corrected chi connectivity index (χ1v) is 6.96. The summed E-state index contributed by atoms with van der Waals surface area (Å²) in [5.41, 5.74) is -0.722. The van der Waals surface area contributed by atoms with E-state index in [2.05, 4.69) is 11.4 Å². The molecule has 94 valence electrons. The molecule has 3 heteroatoms. The van der Waals surface area contributed by atoms with E-state index in [1.54, 1.807) is 0 Å². The number of nitriles is 1. The van der Waals surface area contributed by atoms with Crippen molar-refractivity contribution in [3.05, 3.63) is 0 Å². The van der Waals surface area contributed by atoms with Gasteiger partial charge in [-0.25, -0.2) is 0 Å². The second-order valence-electron chi connectivity index (χ2n) is 5.62. The largest absolute Gasteiger partial charge is 0.354 e. The van der Waals surface area contributed by atoms with Crippen LogP contribution in [0.2, 0.25) is 0 Å². The van der Waals surface area contributed by atoms with Gasteiger partial charge in [0.05, 0.1) is 6.07 Å². The average molecular weight is 234 g/mol. The van der Waals surface area contributed by atoms with Crippen molar-refractivity contribution in [2.24, 2.45) is 11.3 Å². The fraction of sp³-hybridized carbons (Fsp3) is 0.857. The van der Waals surface area contributed by atoms with Crippen molar-refractivity contribution in [2.75, 3.05) is 6.54 Å². The minimum Gasteiger partial charge on any atom is -0.354 e. The fourth-order valence-electron chi connectivity index (χ4n) is 2.82. The Morgan fingerprint density at radius 1 is 1.18 bits per heavy atom. The molecule has 2 aliphatic carbocycles. The molecular weight excluding hydrogens is 212 g/mol. The Labute approximate surface area is 104 Å². The lowest BCUT2D eigenvalue weighted by atomic mass is 9.80. The van der Waals surface area contributed by atoms with Gasteiger partial charge in [0.15, 0.2) is 0 Å². The molecule has 0 bridgehead atoms. The second-order valence-corrected chi connectivity index (χ2v) is 5.62. The molecule has 0 radical (unpaired) electrons. The summed E-state index contributed by atoms with van der Waals surface area (Å²) in [5.74, 6) is 0.661. The Morgan fingerprint density at radius 2 is 1.82 bits per heavy atom. The minimum atomic E-state index is -0.722. The lowest BCUT2D eigenvalue weighted by Crippen LogP contribution is -2.42. The van der Waals surface area contributed by atoms with Crippen LogP contribution < -0.4 is 5.32 Å². The molecule has 2 aliphatic rings. The third-order valence-corrected chi connectivity index (χ3v) is 4.38. The molecule has 2 rings (SSSR count). The molecule has 1 N–H and O–H groups in total. The van der Waals surface area contributed by atoms with Gasteiger partial charge in [-0.15, -0.1) is 0 Å². The van der Waals surface area contributed by atoms with Gasteiger partial charge < -0.3 is 5.32 Å². The van der Waals surface area contributed by atoms with Gasteiger partial charge in [-0.2, -0.15) is 5.26 Å². The summed E-state index contributed by atoms with van der Waals surface area (Å²) in [6.45, 7) is 0.780. The number of nitrogens with one attached hydrogen (secondary N) is 1. The molecule has 1 amide bonds. The van der Waals surface area contributed by atoms with Gasteiger partial charge in [0.1, 0.15) is 5.41 Å². The van der Waals surface area contributed by atoms with Crippen molar-refractivity contribution in [1.29, 1.82) is 5.26 Å². The van der Waals surface area contributed by atoms with Crippen molar-refractivity contribution >= 4 is 5.91 Å². The van der Waals surface area contributed by atoms with Crippen LogP contribution in [0.1, 0.15) is 57.8 Å². The Kier molecular flexibility index (Phi) is 4.04. The highest BCUT2D eigenvalue weighted by atomic mass is 16.2. The molecule has 0 unspecified atom stereocenters. The van der Waals surface area contributed by atoms with Gasteiger partial charge in [-0.3, -0.25) is 4.79 Å². The normalized spacial score (nSPS) is 24.2. The summed E-state index contributed by atoms with van der Waals surface area (Å²) in [6.07, 6.45) is 9.64. The van der Waals surface area contributed by atoms with Gasteiger partial charge in [-0.05, 0) is 31.6 Å². The highest BCUT2D eigenvalue weighted by molar-refractivity contribution is 5.85. The third kappa shape index (κ3) is 2.80. The van der Waals surface area contributed by atoms with E-state index in [0.717, 1.165) is 32.2 Å². The van der Waals surface area contributed by atoms with Crippen LogP contribution in [0.4, 0.5) is 0 Å². The number of carbonyl (C=O) groups is 1. The van der Waals surface area contributed by atoms with Crippen molar-refractivity contribution in [3.8, 4) is 6.07 Å². The Morgan fingerprint density at radius 3 is 2.29 bits per heavy atom. The molecule has 2 fully saturated rings. The lowest BCUT2D eigenvalue weighted by molar-refractivity contribution is -0.129. The molecule has 3 nitrogen and oxygen atoms in total. The third-order valence-electron chi connectivity index (χ3n) is 4.38. The van der Waals surface area contributed by atoms with Crippen LogP contribution in [-0.2, 0) is 4.79 Å². The zero-order valence-electron chi connectivity index (χ0n) is 10.5. The van der Waals surface area contributed by atoms with E-state index in [1.165, 1.54) is 32.1 Å². The first-order chi connectivity index (χ1) is 8.27. The number of nitrogens with zero attached hydrogens (tertiary/aromatic N) is 1.